The number of aromatic hydroxyl groups is 1. The van der Waals surface area contributed by atoms with Crippen LogP contribution in [0.2, 0.25) is 0 Å². The summed E-state index contributed by atoms with van der Waals surface area (Å²) in [5.41, 5.74) is -1.30. The van der Waals surface area contributed by atoms with Crippen molar-refractivity contribution in [2.75, 3.05) is 0 Å². The zero-order valence-electron chi connectivity index (χ0n) is 15.8. The van der Waals surface area contributed by atoms with Gasteiger partial charge >= 0.3 is 6.09 Å². The maximum Gasteiger partial charge on any atom is 0.408 e. The summed E-state index contributed by atoms with van der Waals surface area (Å²) in [7, 11) is 0. The molecule has 0 heterocycles. The number of hydrogen-bond acceptors (Lipinski definition) is 7. The van der Waals surface area contributed by atoms with Crippen molar-refractivity contribution < 1.29 is 29.3 Å². The Bertz CT molecular complexity index is 875. The molecule has 8 nitrogen and oxygen atoms in total. The van der Waals surface area contributed by atoms with E-state index in [1.807, 2.05) is 0 Å². The number of alkyl carbamates (subject to hydrolysis) is 1. The fourth-order valence-corrected chi connectivity index (χ4v) is 2.52. The number of ketones is 2. The van der Waals surface area contributed by atoms with Crippen molar-refractivity contribution in [1.82, 2.24) is 5.32 Å². The topological polar surface area (TPSA) is 137 Å². The third-order valence-corrected chi connectivity index (χ3v) is 3.78. The van der Waals surface area contributed by atoms with Gasteiger partial charge in [0.05, 0.1) is 11.6 Å². The standard InChI is InChI=1S/C20H22N2O6/c1-20(2,3)28-19(27)22-13(10-11-4-6-12(23)7-5-11)18(26)16-14(24)8-9-15(25)17(16)21/h4-9,13,21,23-24H,10H2,1-3H3,(H,22,27)/t13-/m0/s1. The van der Waals surface area contributed by atoms with E-state index in [2.05, 4.69) is 5.32 Å². The van der Waals surface area contributed by atoms with Crippen molar-refractivity contribution in [3.8, 4) is 5.75 Å². The molecule has 0 saturated carbocycles. The number of carbonyl (C=O) groups is 3. The number of hydrogen-bond donors (Lipinski definition) is 4. The summed E-state index contributed by atoms with van der Waals surface area (Å²) in [5, 5.41) is 29.7. The number of ether oxygens (including phenoxy) is 1. The van der Waals surface area contributed by atoms with Crippen molar-refractivity contribution in [2.45, 2.75) is 38.8 Å². The molecule has 0 radical (unpaired) electrons. The molecule has 0 fully saturated rings. The number of carbonyl (C=O) groups excluding carboxylic acids is 3. The van der Waals surface area contributed by atoms with Gasteiger partial charge in [-0.3, -0.25) is 15.0 Å². The molecule has 0 saturated heterocycles. The molecule has 1 atom stereocenters. The van der Waals surface area contributed by atoms with Crippen LogP contribution in [0.25, 0.3) is 0 Å². The molecule has 8 heteroatoms. The van der Waals surface area contributed by atoms with Crippen LogP contribution in [0.1, 0.15) is 26.3 Å². The number of nitrogens with one attached hydrogen (secondary N) is 2. The van der Waals surface area contributed by atoms with E-state index in [1.54, 1.807) is 32.9 Å². The van der Waals surface area contributed by atoms with Gasteiger partial charge in [0.1, 0.15) is 22.8 Å². The van der Waals surface area contributed by atoms with Crippen LogP contribution in [0.15, 0.2) is 47.7 Å². The Morgan fingerprint density at radius 3 is 2.32 bits per heavy atom. The minimum Gasteiger partial charge on any atom is -0.508 e. The minimum absolute atomic E-state index is 0.000318. The highest BCUT2D eigenvalue weighted by Gasteiger charge is 2.33. The number of amides is 1. The fraction of sp³-hybridized carbons (Fsp3) is 0.300. The molecule has 1 amide bonds. The molecule has 28 heavy (non-hydrogen) atoms. The molecular formula is C20H22N2O6. The molecular weight excluding hydrogens is 364 g/mol. The van der Waals surface area contributed by atoms with E-state index in [1.165, 1.54) is 12.1 Å². The van der Waals surface area contributed by atoms with Gasteiger partial charge in [-0.2, -0.15) is 0 Å². The second-order valence-electron chi connectivity index (χ2n) is 7.27. The number of benzene rings is 1. The van der Waals surface area contributed by atoms with Crippen LogP contribution in [0.3, 0.4) is 0 Å². The first-order valence-corrected chi connectivity index (χ1v) is 8.54. The highest BCUT2D eigenvalue weighted by Crippen LogP contribution is 2.18. The number of aliphatic hydroxyl groups is 1. The number of rotatable bonds is 5. The molecule has 0 unspecified atom stereocenters. The van der Waals surface area contributed by atoms with Gasteiger partial charge in [0, 0.05) is 6.42 Å². The maximum atomic E-state index is 13.0. The molecule has 0 bridgehead atoms. The van der Waals surface area contributed by atoms with E-state index in [9.17, 15) is 24.6 Å². The van der Waals surface area contributed by atoms with Crippen molar-refractivity contribution in [3.63, 3.8) is 0 Å². The predicted octanol–water partition coefficient (Wildman–Crippen LogP) is 2.37. The average molecular weight is 386 g/mol. The van der Waals surface area contributed by atoms with E-state index >= 15 is 0 Å². The van der Waals surface area contributed by atoms with Crippen molar-refractivity contribution in [3.05, 3.63) is 53.3 Å². The summed E-state index contributed by atoms with van der Waals surface area (Å²) in [6, 6.07) is 4.79. The van der Waals surface area contributed by atoms with Crippen LogP contribution in [0.5, 0.6) is 5.75 Å². The smallest absolute Gasteiger partial charge is 0.408 e. The van der Waals surface area contributed by atoms with Crippen molar-refractivity contribution >= 4 is 23.4 Å². The number of allylic oxidation sites excluding steroid dienone is 2. The van der Waals surface area contributed by atoms with Gasteiger partial charge in [-0.15, -0.1) is 0 Å². The third-order valence-electron chi connectivity index (χ3n) is 3.78. The molecule has 0 spiro atoms. The van der Waals surface area contributed by atoms with Gasteiger partial charge in [0.2, 0.25) is 5.78 Å². The highest BCUT2D eigenvalue weighted by atomic mass is 16.6. The van der Waals surface area contributed by atoms with Gasteiger partial charge in [0.25, 0.3) is 0 Å². The van der Waals surface area contributed by atoms with E-state index in [4.69, 9.17) is 10.1 Å². The monoisotopic (exact) mass is 386 g/mol. The van der Waals surface area contributed by atoms with Crippen LogP contribution in [0.4, 0.5) is 4.79 Å². The lowest BCUT2D eigenvalue weighted by atomic mass is 9.90. The predicted molar refractivity (Wildman–Crippen MR) is 102 cm³/mol. The molecule has 4 N–H and O–H groups in total. The summed E-state index contributed by atoms with van der Waals surface area (Å²) in [6.45, 7) is 4.99. The zero-order valence-corrected chi connectivity index (χ0v) is 15.8. The van der Waals surface area contributed by atoms with Crippen LogP contribution in [-0.4, -0.2) is 45.2 Å². The van der Waals surface area contributed by atoms with Crippen molar-refractivity contribution in [1.29, 1.82) is 5.41 Å². The SMILES string of the molecule is CC(C)(C)OC(=O)N[C@@H](Cc1ccc(O)cc1)C(=O)C1=C(O)C=CC(=O)C1=N. The van der Waals surface area contributed by atoms with Crippen LogP contribution in [0, 0.1) is 5.41 Å². The average Bonchev–Trinajstić information content (AvgIpc) is 2.58. The molecule has 148 valence electrons. The third kappa shape index (κ3) is 5.29. The lowest BCUT2D eigenvalue weighted by molar-refractivity contribution is -0.117. The molecule has 0 aromatic heterocycles. The Morgan fingerprint density at radius 2 is 1.75 bits per heavy atom. The van der Waals surface area contributed by atoms with Crippen molar-refractivity contribution in [2.24, 2.45) is 0 Å². The van der Waals surface area contributed by atoms with Crippen LogP contribution in [-0.2, 0) is 20.7 Å². The Morgan fingerprint density at radius 1 is 1.14 bits per heavy atom. The molecule has 1 aromatic carbocycles. The lowest BCUT2D eigenvalue weighted by Gasteiger charge is -2.24. The molecule has 2 rings (SSSR count). The van der Waals surface area contributed by atoms with Crippen LogP contribution >= 0.6 is 0 Å². The molecule has 1 aliphatic rings. The van der Waals surface area contributed by atoms with Gasteiger partial charge in [-0.25, -0.2) is 4.79 Å². The summed E-state index contributed by atoms with van der Waals surface area (Å²) in [5.74, 6) is -1.99. The highest BCUT2D eigenvalue weighted by molar-refractivity contribution is 6.55. The molecule has 1 aliphatic carbocycles. The van der Waals surface area contributed by atoms with Gasteiger partial charge in [-0.05, 0) is 50.6 Å². The Kier molecular flexibility index (Phi) is 6.03. The Hall–Kier alpha value is -3.42. The maximum absolute atomic E-state index is 13.0. The fourth-order valence-electron chi connectivity index (χ4n) is 2.52. The van der Waals surface area contributed by atoms with Gasteiger partial charge < -0.3 is 20.3 Å². The summed E-state index contributed by atoms with van der Waals surface area (Å²) < 4.78 is 5.18. The Balaban J connectivity index is 2.33. The first kappa shape index (κ1) is 20.9. The van der Waals surface area contributed by atoms with Gasteiger partial charge in [0.15, 0.2) is 5.78 Å². The normalized spacial score (nSPS) is 15.4. The second kappa shape index (κ2) is 8.08. The summed E-state index contributed by atoms with van der Waals surface area (Å²) in [6.07, 6.45) is 1.18. The number of phenols is 1. The summed E-state index contributed by atoms with van der Waals surface area (Å²) in [4.78, 5) is 36.9. The number of aliphatic hydroxyl groups excluding tert-OH is 1. The number of phenolic OH excluding ortho intramolecular Hbond substituents is 1. The minimum atomic E-state index is -1.20. The van der Waals surface area contributed by atoms with E-state index in [0.29, 0.717) is 5.56 Å². The van der Waals surface area contributed by atoms with Gasteiger partial charge in [-0.1, -0.05) is 12.1 Å². The lowest BCUT2D eigenvalue weighted by Crippen LogP contribution is -2.46. The largest absolute Gasteiger partial charge is 0.508 e. The summed E-state index contributed by atoms with van der Waals surface area (Å²) >= 11 is 0. The van der Waals surface area contributed by atoms with Crippen LogP contribution < -0.4 is 5.32 Å². The van der Waals surface area contributed by atoms with E-state index < -0.39 is 46.3 Å². The Labute approximate surface area is 162 Å². The number of Topliss-reactive ketones (excluding diaryl/α,β-unsaturated/α-hetero) is 1. The second-order valence-corrected chi connectivity index (χ2v) is 7.27. The molecule has 1 aromatic rings. The van der Waals surface area contributed by atoms with E-state index in [-0.39, 0.29) is 12.2 Å². The van der Waals surface area contributed by atoms with E-state index in [0.717, 1.165) is 12.2 Å². The quantitative estimate of drug-likeness (QED) is 0.574. The first-order chi connectivity index (χ1) is 13.0. The zero-order chi connectivity index (χ0) is 21.1. The molecule has 0 aliphatic heterocycles. The first-order valence-electron chi connectivity index (χ1n) is 8.54.